The second kappa shape index (κ2) is 14.6. The molecule has 0 fully saturated rings. The summed E-state index contributed by atoms with van der Waals surface area (Å²) in [6.45, 7) is 19.2. The average Bonchev–Trinajstić information content (AvgIpc) is 3.79. The maximum Gasteiger partial charge on any atom is 0.269 e. The molecule has 6 nitrogen and oxygen atoms in total. The predicted molar refractivity (Wildman–Crippen MR) is 246 cm³/mol. The fourth-order valence-electron chi connectivity index (χ4n) is 7.96. The van der Waals surface area contributed by atoms with Gasteiger partial charge < -0.3 is 4.74 Å². The van der Waals surface area contributed by atoms with Crippen LogP contribution in [0.1, 0.15) is 81.7 Å². The van der Waals surface area contributed by atoms with Crippen molar-refractivity contribution in [1.82, 2.24) is 19.1 Å². The molecule has 0 aliphatic carbocycles. The highest BCUT2D eigenvalue weighted by Gasteiger charge is 2.22. The molecule has 0 aliphatic rings. The smallest absolute Gasteiger partial charge is 0.269 e. The van der Waals surface area contributed by atoms with Crippen molar-refractivity contribution in [3.05, 3.63) is 169 Å². The molecule has 0 N–H and O–H groups in total. The Morgan fingerprint density at radius 2 is 1.38 bits per heavy atom. The molecule has 9 rings (SSSR count). The first-order chi connectivity index (χ1) is 29.4. The van der Waals surface area contributed by atoms with E-state index >= 15 is 0 Å². The van der Waals surface area contributed by atoms with Gasteiger partial charge in [0.2, 0.25) is 0 Å². The number of benzene rings is 5. The lowest BCUT2D eigenvalue weighted by Crippen LogP contribution is -2.30. The third-order valence-corrected chi connectivity index (χ3v) is 11.0. The Balaban J connectivity index is 1.21. The van der Waals surface area contributed by atoms with Crippen LogP contribution in [0.5, 0.6) is 11.5 Å². The minimum atomic E-state index is -1.59. The van der Waals surface area contributed by atoms with E-state index in [1.54, 1.807) is 12.3 Å². The topological polar surface area (TPSA) is 48.8 Å². The van der Waals surface area contributed by atoms with Crippen LogP contribution < -0.4 is 9.30 Å². The van der Waals surface area contributed by atoms with E-state index in [0.29, 0.717) is 28.6 Å². The highest BCUT2D eigenvalue weighted by atomic mass is 16.5. The molecule has 4 heterocycles. The van der Waals surface area contributed by atoms with Crippen LogP contribution in [0.25, 0.3) is 61.3 Å². The van der Waals surface area contributed by atoms with E-state index in [1.807, 2.05) is 87.6 Å². The third kappa shape index (κ3) is 7.47. The Hall–Kier alpha value is -6.53. The molecule has 0 saturated heterocycles. The Kier molecular flexibility index (Phi) is 8.91. The number of nitrogens with zero attached hydrogens (tertiary/aromatic N) is 5. The molecule has 6 heteroatoms. The van der Waals surface area contributed by atoms with Gasteiger partial charge in [-0.3, -0.25) is 18.7 Å². The van der Waals surface area contributed by atoms with Gasteiger partial charge in [0.1, 0.15) is 23.0 Å². The van der Waals surface area contributed by atoms with Crippen molar-refractivity contribution in [3.63, 3.8) is 0 Å². The van der Waals surface area contributed by atoms with Gasteiger partial charge in [0, 0.05) is 37.5 Å². The molecule has 0 atom stereocenters. The van der Waals surface area contributed by atoms with Gasteiger partial charge in [0.15, 0.2) is 0 Å². The van der Waals surface area contributed by atoms with E-state index < -0.39 is 11.8 Å². The Labute approximate surface area is 356 Å². The predicted octanol–water partition coefficient (Wildman–Crippen LogP) is 13.2. The maximum absolute atomic E-state index is 9.05. The van der Waals surface area contributed by atoms with E-state index in [4.69, 9.17) is 17.4 Å². The van der Waals surface area contributed by atoms with Gasteiger partial charge in [-0.1, -0.05) is 135 Å². The lowest BCUT2D eigenvalue weighted by atomic mass is 9.86. The van der Waals surface area contributed by atoms with Crippen LogP contribution in [0.4, 0.5) is 0 Å². The molecule has 5 aromatic carbocycles. The molecule has 0 bridgehead atoms. The summed E-state index contributed by atoms with van der Waals surface area (Å²) >= 11 is 0. The number of rotatable bonds is 7. The van der Waals surface area contributed by atoms with E-state index in [9.17, 15) is 0 Å². The molecule has 60 heavy (non-hydrogen) atoms. The first-order valence-electron chi connectivity index (χ1n) is 21.7. The number of aromatic nitrogens is 5. The van der Waals surface area contributed by atoms with Crippen LogP contribution >= 0.6 is 0 Å². The zero-order valence-corrected chi connectivity index (χ0v) is 36.0. The first-order valence-corrected chi connectivity index (χ1v) is 20.7. The van der Waals surface area contributed by atoms with Crippen LogP contribution in [0.3, 0.4) is 0 Å². The van der Waals surface area contributed by atoms with Gasteiger partial charge in [-0.2, -0.15) is 0 Å². The monoisotopic (exact) mass is 789 g/mol. The number of hydrogen-bond acceptors (Lipinski definition) is 3. The van der Waals surface area contributed by atoms with Crippen LogP contribution in [0.2, 0.25) is 0 Å². The second-order valence-electron chi connectivity index (χ2n) is 18.8. The summed E-state index contributed by atoms with van der Waals surface area (Å²) in [4.78, 5) is 9.91. The maximum atomic E-state index is 9.05. The van der Waals surface area contributed by atoms with Crippen molar-refractivity contribution in [2.75, 3.05) is 0 Å². The zero-order chi connectivity index (χ0) is 43.8. The minimum absolute atomic E-state index is 0.0189. The molecule has 0 spiro atoms. The quantitative estimate of drug-likeness (QED) is 0.119. The molecule has 9 aromatic rings. The van der Waals surface area contributed by atoms with Gasteiger partial charge in [-0.05, 0) is 93.9 Å². The fourth-order valence-corrected chi connectivity index (χ4v) is 7.96. The molecule has 0 radical (unpaired) electrons. The molecule has 0 saturated carbocycles. The first kappa shape index (κ1) is 36.5. The zero-order valence-electron chi connectivity index (χ0n) is 38.0. The number of ether oxygens (including phenoxy) is 1. The summed E-state index contributed by atoms with van der Waals surface area (Å²) in [6, 6.07) is 45.6. The molecule has 0 aliphatic heterocycles. The number of fused-ring (bicyclic) bond motifs is 4. The van der Waals surface area contributed by atoms with Crippen LogP contribution in [0.15, 0.2) is 146 Å². The number of para-hydroxylation sites is 1. The van der Waals surface area contributed by atoms with Crippen molar-refractivity contribution >= 4 is 32.8 Å². The van der Waals surface area contributed by atoms with Crippen LogP contribution in [0, 0.1) is 11.7 Å². The summed E-state index contributed by atoms with van der Waals surface area (Å²) in [5, 5.41) is 2.11. The van der Waals surface area contributed by atoms with Crippen molar-refractivity contribution < 1.29 is 12.0 Å². The molecule has 0 unspecified atom stereocenters. The summed E-state index contributed by atoms with van der Waals surface area (Å²) in [5.41, 5.74) is 9.78. The molecule has 4 aromatic heterocycles. The normalized spacial score (nSPS) is 13.2. The van der Waals surface area contributed by atoms with Gasteiger partial charge >= 0.3 is 0 Å². The lowest BCUT2D eigenvalue weighted by Gasteiger charge is -2.21. The lowest BCUT2D eigenvalue weighted by molar-refractivity contribution is -0.572. The number of pyridine rings is 2. The van der Waals surface area contributed by atoms with E-state index in [2.05, 4.69) is 128 Å². The highest BCUT2D eigenvalue weighted by Crippen LogP contribution is 2.39. The summed E-state index contributed by atoms with van der Waals surface area (Å²) in [7, 11) is 0. The van der Waals surface area contributed by atoms with E-state index in [0.717, 1.165) is 49.8 Å². The summed E-state index contributed by atoms with van der Waals surface area (Å²) in [5.74, 6) is 1.86. The summed E-state index contributed by atoms with van der Waals surface area (Å²) in [6.07, 6.45) is 5.73. The van der Waals surface area contributed by atoms with Crippen molar-refractivity contribution in [2.45, 2.75) is 79.5 Å². The highest BCUT2D eigenvalue weighted by molar-refractivity contribution is 6.09. The van der Waals surface area contributed by atoms with Gasteiger partial charge in [0.05, 0.1) is 33.4 Å². The Morgan fingerprint density at radius 1 is 0.650 bits per heavy atom. The van der Waals surface area contributed by atoms with Gasteiger partial charge in [-0.25, -0.2) is 4.98 Å². The molecule has 300 valence electrons. The van der Waals surface area contributed by atoms with E-state index in [1.165, 1.54) is 11.1 Å². The fraction of sp³-hybridized carbons (Fsp3) is 0.241. The molecule has 0 amide bonds. The van der Waals surface area contributed by atoms with Gasteiger partial charge in [0.25, 0.3) is 6.33 Å². The summed E-state index contributed by atoms with van der Waals surface area (Å²) < 4.78 is 31.4. The van der Waals surface area contributed by atoms with Crippen molar-refractivity contribution in [1.29, 1.82) is 0 Å². The van der Waals surface area contributed by atoms with Gasteiger partial charge in [-0.15, -0.1) is 0 Å². The van der Waals surface area contributed by atoms with Crippen molar-refractivity contribution in [3.8, 4) is 39.9 Å². The molecular formula is C54H53N5O. The number of imidazole rings is 1. The Morgan fingerprint density at radius 3 is 2.15 bits per heavy atom. The second-order valence-corrected chi connectivity index (χ2v) is 18.8. The average molecular weight is 790 g/mol. The SMILES string of the molecule is [2H]C([2H])(c1ccnc(-n2c3ccccc3c3ccc(Oc4cc(-n5[c-][n+](-c6cccc(C(C)(C)C)c6)c6cc(C(C)(C)C)ccc65)cnc4-c4ccccc4)cc32)c1)C(C)(C)C. The van der Waals surface area contributed by atoms with Crippen LogP contribution in [-0.2, 0) is 17.2 Å². The Bertz CT molecular complexity index is 3140. The number of hydrogen-bond donors (Lipinski definition) is 0. The molecular weight excluding hydrogens is 735 g/mol. The van der Waals surface area contributed by atoms with Crippen molar-refractivity contribution in [2.24, 2.45) is 5.41 Å². The minimum Gasteiger partial charge on any atom is -0.456 e. The standard InChI is InChI=1S/C54H53N5O/c1-52(2,3)33-36-26-27-55-50(28-36)59-45-21-14-13-20-43(45)44-24-23-42(32-47(44)59)60-49-31-41(34-56-51(49)37-16-11-10-12-17-37)58-35-57(40-19-15-18-38(29-40)53(4,5)6)48-30-39(54(7,8)9)22-25-46(48)58/h10-32,34H,33H2,1-9H3/i33D2. The van der Waals surface area contributed by atoms with E-state index in [-0.39, 0.29) is 10.8 Å². The largest absolute Gasteiger partial charge is 0.456 e. The third-order valence-electron chi connectivity index (χ3n) is 11.0. The van der Waals surface area contributed by atoms with Crippen LogP contribution in [-0.4, -0.2) is 19.1 Å².